The highest BCUT2D eigenvalue weighted by Crippen LogP contribution is 2.45. The number of hydrogen-bond acceptors (Lipinski definition) is 2. The number of rotatable bonds is 2. The molecule has 0 saturated carbocycles. The summed E-state index contributed by atoms with van der Waals surface area (Å²) in [5.41, 5.74) is 5.01. The minimum Gasteiger partial charge on any atom is -0.135 e. The average molecular weight is 693 g/mol. The van der Waals surface area contributed by atoms with E-state index in [1.54, 1.807) is 0 Å². The average Bonchev–Trinajstić information content (AvgIpc) is 3.77. The van der Waals surface area contributed by atoms with Gasteiger partial charge in [-0.3, -0.25) is 0 Å². The molecule has 10 aromatic carbocycles. The van der Waals surface area contributed by atoms with E-state index in [2.05, 4.69) is 170 Å². The van der Waals surface area contributed by atoms with Crippen LogP contribution < -0.4 is 0 Å². The van der Waals surface area contributed by atoms with Crippen LogP contribution in [0.15, 0.2) is 170 Å². The molecule has 0 unspecified atom stereocenters. The van der Waals surface area contributed by atoms with Crippen molar-refractivity contribution in [2.75, 3.05) is 0 Å². The third-order valence-corrected chi connectivity index (χ3v) is 13.5. The Balaban J connectivity index is 1.05. The van der Waals surface area contributed by atoms with Crippen molar-refractivity contribution in [3.05, 3.63) is 170 Å². The summed E-state index contributed by atoms with van der Waals surface area (Å²) in [6.07, 6.45) is 0. The van der Waals surface area contributed by atoms with Crippen molar-refractivity contribution in [2.24, 2.45) is 0 Å². The number of benzene rings is 10. The lowest BCUT2D eigenvalue weighted by atomic mass is 9.91. The molecular formula is C50H28S2. The molecule has 2 aromatic heterocycles. The maximum atomic E-state index is 2.47. The van der Waals surface area contributed by atoms with Gasteiger partial charge in [0.25, 0.3) is 0 Å². The summed E-state index contributed by atoms with van der Waals surface area (Å²) < 4.78 is 5.35. The fourth-order valence-electron chi connectivity index (χ4n) is 8.68. The number of thiophene rings is 2. The summed E-state index contributed by atoms with van der Waals surface area (Å²) in [4.78, 5) is 0. The molecule has 0 fully saturated rings. The molecule has 240 valence electrons. The van der Waals surface area contributed by atoms with Crippen molar-refractivity contribution in [3.8, 4) is 22.3 Å². The first kappa shape index (κ1) is 28.6. The Morgan fingerprint density at radius 1 is 0.231 bits per heavy atom. The summed E-state index contributed by atoms with van der Waals surface area (Å²) >= 11 is 3.79. The molecule has 0 atom stereocenters. The van der Waals surface area contributed by atoms with Crippen LogP contribution in [0.5, 0.6) is 0 Å². The molecule has 12 rings (SSSR count). The van der Waals surface area contributed by atoms with Crippen molar-refractivity contribution in [2.45, 2.75) is 0 Å². The molecular weight excluding hydrogens is 665 g/mol. The smallest absolute Gasteiger partial charge is 0.0362 e. The molecule has 0 saturated heterocycles. The predicted octanol–water partition coefficient (Wildman–Crippen LogP) is 15.5. The van der Waals surface area contributed by atoms with Crippen LogP contribution in [0, 0.1) is 0 Å². The van der Waals surface area contributed by atoms with Gasteiger partial charge in [0.2, 0.25) is 0 Å². The molecule has 52 heavy (non-hydrogen) atoms. The Bertz CT molecular complexity index is 3470. The number of hydrogen-bond donors (Lipinski definition) is 0. The normalized spacial score (nSPS) is 12.2. The van der Waals surface area contributed by atoms with Gasteiger partial charge in [0.15, 0.2) is 0 Å². The van der Waals surface area contributed by atoms with Crippen LogP contribution in [0.3, 0.4) is 0 Å². The Kier molecular flexibility index (Phi) is 5.90. The first-order valence-electron chi connectivity index (χ1n) is 17.8. The SMILES string of the molecule is c1ccc2cc(-c3ccc4sc5ccc(-c6ccc7c(c6)c6ccccc6c6cc8c(cc76)sc6ccc7ccccc7c68)cc5c4c3)ccc2c1. The van der Waals surface area contributed by atoms with E-state index >= 15 is 0 Å². The summed E-state index contributed by atoms with van der Waals surface area (Å²) in [7, 11) is 0. The largest absolute Gasteiger partial charge is 0.135 e. The van der Waals surface area contributed by atoms with Crippen LogP contribution in [0.4, 0.5) is 0 Å². The second-order valence-electron chi connectivity index (χ2n) is 14.0. The molecule has 2 heteroatoms. The van der Waals surface area contributed by atoms with E-state index in [0.717, 1.165) is 0 Å². The molecule has 0 aliphatic heterocycles. The highest BCUT2D eigenvalue weighted by molar-refractivity contribution is 7.26. The van der Waals surface area contributed by atoms with Crippen molar-refractivity contribution in [3.63, 3.8) is 0 Å². The maximum Gasteiger partial charge on any atom is 0.0362 e. The minimum atomic E-state index is 1.25. The fraction of sp³-hybridized carbons (Fsp3) is 0. The van der Waals surface area contributed by atoms with Gasteiger partial charge < -0.3 is 0 Å². The standard InChI is InChI=1S/C50H28S2/c1-2-9-31-23-32(14-13-29(31)7-1)34-17-20-46-43(25-34)44-26-35(18-21-47(44)51-46)33-15-19-39-40(24-33)37-11-5-6-12-38(37)41-27-45-49(28-42(39)41)52-48-22-16-30-8-3-4-10-36(30)50(45)48/h1-28H. The molecule has 2 heterocycles. The van der Waals surface area contributed by atoms with E-state index < -0.39 is 0 Å². The van der Waals surface area contributed by atoms with Crippen LogP contribution in [-0.4, -0.2) is 0 Å². The summed E-state index contributed by atoms with van der Waals surface area (Å²) in [6, 6.07) is 63.8. The zero-order valence-electron chi connectivity index (χ0n) is 28.0. The van der Waals surface area contributed by atoms with Gasteiger partial charge in [-0.25, -0.2) is 0 Å². The molecule has 0 amide bonds. The topological polar surface area (TPSA) is 0 Å². The molecule has 0 spiro atoms. The second kappa shape index (κ2) is 10.7. The van der Waals surface area contributed by atoms with Gasteiger partial charge in [0.1, 0.15) is 0 Å². The van der Waals surface area contributed by atoms with E-state index in [1.807, 2.05) is 22.7 Å². The van der Waals surface area contributed by atoms with E-state index in [0.29, 0.717) is 0 Å². The Morgan fingerprint density at radius 2 is 0.712 bits per heavy atom. The lowest BCUT2D eigenvalue weighted by Crippen LogP contribution is -1.85. The van der Waals surface area contributed by atoms with Gasteiger partial charge in [-0.1, -0.05) is 115 Å². The second-order valence-corrected chi connectivity index (χ2v) is 16.2. The fourth-order valence-corrected chi connectivity index (χ4v) is 10.9. The maximum absolute atomic E-state index is 2.47. The number of fused-ring (bicyclic) bond motifs is 15. The van der Waals surface area contributed by atoms with Crippen LogP contribution >= 0.6 is 22.7 Å². The Morgan fingerprint density at radius 3 is 1.46 bits per heavy atom. The van der Waals surface area contributed by atoms with Crippen LogP contribution in [0.2, 0.25) is 0 Å². The monoisotopic (exact) mass is 692 g/mol. The minimum absolute atomic E-state index is 1.25. The lowest BCUT2D eigenvalue weighted by molar-refractivity contribution is 1.69. The van der Waals surface area contributed by atoms with Crippen molar-refractivity contribution in [1.82, 2.24) is 0 Å². The van der Waals surface area contributed by atoms with Crippen molar-refractivity contribution in [1.29, 1.82) is 0 Å². The molecule has 0 aliphatic carbocycles. The first-order valence-corrected chi connectivity index (χ1v) is 19.4. The van der Waals surface area contributed by atoms with Gasteiger partial charge in [-0.2, -0.15) is 0 Å². The van der Waals surface area contributed by atoms with Crippen LogP contribution in [0.25, 0.3) is 116 Å². The lowest BCUT2D eigenvalue weighted by Gasteiger charge is -2.13. The molecule has 0 aliphatic rings. The van der Waals surface area contributed by atoms with Crippen molar-refractivity contribution < 1.29 is 0 Å². The van der Waals surface area contributed by atoms with Crippen LogP contribution in [-0.2, 0) is 0 Å². The molecule has 0 radical (unpaired) electrons. The highest BCUT2D eigenvalue weighted by Gasteiger charge is 2.16. The molecule has 0 nitrogen and oxygen atoms in total. The molecule has 0 N–H and O–H groups in total. The van der Waals surface area contributed by atoms with Gasteiger partial charge in [-0.05, 0) is 131 Å². The van der Waals surface area contributed by atoms with Gasteiger partial charge >= 0.3 is 0 Å². The Labute approximate surface area is 307 Å². The van der Waals surface area contributed by atoms with E-state index in [4.69, 9.17) is 0 Å². The third-order valence-electron chi connectivity index (χ3n) is 11.2. The quantitative estimate of drug-likeness (QED) is 0.158. The van der Waals surface area contributed by atoms with E-state index in [-0.39, 0.29) is 0 Å². The Hall–Kier alpha value is -6.06. The van der Waals surface area contributed by atoms with E-state index in [9.17, 15) is 0 Å². The van der Waals surface area contributed by atoms with Crippen LogP contribution in [0.1, 0.15) is 0 Å². The zero-order valence-corrected chi connectivity index (χ0v) is 29.6. The summed E-state index contributed by atoms with van der Waals surface area (Å²) in [6.45, 7) is 0. The van der Waals surface area contributed by atoms with E-state index in [1.165, 1.54) is 116 Å². The summed E-state index contributed by atoms with van der Waals surface area (Å²) in [5, 5.41) is 18.4. The summed E-state index contributed by atoms with van der Waals surface area (Å²) in [5.74, 6) is 0. The molecule has 12 aromatic rings. The van der Waals surface area contributed by atoms with Gasteiger partial charge in [0.05, 0.1) is 0 Å². The highest BCUT2D eigenvalue weighted by atomic mass is 32.1. The zero-order chi connectivity index (χ0) is 33.9. The molecule has 0 bridgehead atoms. The van der Waals surface area contributed by atoms with Gasteiger partial charge in [-0.15, -0.1) is 22.7 Å². The van der Waals surface area contributed by atoms with Crippen molar-refractivity contribution >= 4 is 117 Å². The predicted molar refractivity (Wildman–Crippen MR) is 231 cm³/mol. The first-order chi connectivity index (χ1) is 25.7. The third kappa shape index (κ3) is 4.14. The van der Waals surface area contributed by atoms with Gasteiger partial charge in [0, 0.05) is 40.3 Å².